The highest BCUT2D eigenvalue weighted by Gasteiger charge is 2.14. The summed E-state index contributed by atoms with van der Waals surface area (Å²) in [6.45, 7) is 1.88. The van der Waals surface area contributed by atoms with Crippen molar-refractivity contribution in [1.29, 1.82) is 0 Å². The van der Waals surface area contributed by atoms with Crippen molar-refractivity contribution in [3.8, 4) is 10.8 Å². The van der Waals surface area contributed by atoms with Crippen molar-refractivity contribution in [1.82, 2.24) is 15.1 Å². The zero-order valence-corrected chi connectivity index (χ0v) is 9.98. The van der Waals surface area contributed by atoms with Gasteiger partial charge >= 0.3 is 0 Å². The first-order valence-electron chi connectivity index (χ1n) is 4.25. The van der Waals surface area contributed by atoms with Gasteiger partial charge in [-0.1, -0.05) is 16.5 Å². The van der Waals surface area contributed by atoms with Crippen LogP contribution in [-0.2, 0) is 5.75 Å². The van der Waals surface area contributed by atoms with Gasteiger partial charge in [-0.2, -0.15) is 16.7 Å². The standard InChI is InChI=1S/C8H10N4OS2/c1-4-6(15-8(9)10-4)7-11-5(3-14-2)12-13-7/h3H2,1-2H3,(H2,9,10). The molecule has 0 unspecified atom stereocenters. The van der Waals surface area contributed by atoms with Gasteiger partial charge in [-0.25, -0.2) is 4.98 Å². The van der Waals surface area contributed by atoms with Gasteiger partial charge in [-0.15, -0.1) is 0 Å². The highest BCUT2D eigenvalue weighted by atomic mass is 32.2. The van der Waals surface area contributed by atoms with E-state index in [1.807, 2.05) is 13.2 Å². The van der Waals surface area contributed by atoms with Gasteiger partial charge in [0, 0.05) is 0 Å². The van der Waals surface area contributed by atoms with Crippen molar-refractivity contribution in [2.45, 2.75) is 12.7 Å². The third-order valence-corrected chi connectivity index (χ3v) is 3.27. The first-order valence-corrected chi connectivity index (χ1v) is 6.46. The van der Waals surface area contributed by atoms with Gasteiger partial charge in [0.25, 0.3) is 5.89 Å². The zero-order chi connectivity index (χ0) is 10.8. The zero-order valence-electron chi connectivity index (χ0n) is 8.35. The molecule has 2 N–H and O–H groups in total. The number of anilines is 1. The number of rotatable bonds is 3. The van der Waals surface area contributed by atoms with E-state index in [1.165, 1.54) is 11.3 Å². The summed E-state index contributed by atoms with van der Waals surface area (Å²) in [4.78, 5) is 9.22. The van der Waals surface area contributed by atoms with Crippen molar-refractivity contribution in [2.24, 2.45) is 0 Å². The third kappa shape index (κ3) is 2.13. The Morgan fingerprint density at radius 3 is 2.87 bits per heavy atom. The Hall–Kier alpha value is -1.08. The molecule has 7 heteroatoms. The first-order chi connectivity index (χ1) is 7.20. The van der Waals surface area contributed by atoms with E-state index in [9.17, 15) is 0 Å². The molecule has 2 aromatic heterocycles. The fourth-order valence-corrected chi connectivity index (χ4v) is 2.28. The van der Waals surface area contributed by atoms with E-state index < -0.39 is 0 Å². The number of aryl methyl sites for hydroxylation is 1. The summed E-state index contributed by atoms with van der Waals surface area (Å²) in [5.74, 6) is 1.95. The quantitative estimate of drug-likeness (QED) is 0.886. The smallest absolute Gasteiger partial charge is 0.270 e. The highest BCUT2D eigenvalue weighted by molar-refractivity contribution is 7.97. The van der Waals surface area contributed by atoms with E-state index in [0.717, 1.165) is 16.3 Å². The van der Waals surface area contributed by atoms with Crippen LogP contribution in [0.3, 0.4) is 0 Å². The van der Waals surface area contributed by atoms with E-state index in [1.54, 1.807) is 11.8 Å². The molecule has 2 aromatic rings. The van der Waals surface area contributed by atoms with Gasteiger partial charge < -0.3 is 10.3 Å². The summed E-state index contributed by atoms with van der Waals surface area (Å²) in [7, 11) is 0. The lowest BCUT2D eigenvalue weighted by Gasteiger charge is -1.87. The number of hydrogen-bond acceptors (Lipinski definition) is 7. The predicted octanol–water partition coefficient (Wildman–Crippen LogP) is 1.95. The molecule has 2 heterocycles. The van der Waals surface area contributed by atoms with Crippen molar-refractivity contribution in [3.05, 3.63) is 11.5 Å². The maximum atomic E-state index is 5.60. The molecule has 15 heavy (non-hydrogen) atoms. The molecule has 0 bridgehead atoms. The highest BCUT2D eigenvalue weighted by Crippen LogP contribution is 2.29. The Balaban J connectivity index is 2.32. The minimum Gasteiger partial charge on any atom is -0.375 e. The lowest BCUT2D eigenvalue weighted by molar-refractivity contribution is 0.425. The van der Waals surface area contributed by atoms with E-state index in [4.69, 9.17) is 10.3 Å². The third-order valence-electron chi connectivity index (χ3n) is 1.75. The van der Waals surface area contributed by atoms with Gasteiger partial charge in [-0.3, -0.25) is 0 Å². The summed E-state index contributed by atoms with van der Waals surface area (Å²) in [5.41, 5.74) is 6.43. The van der Waals surface area contributed by atoms with Gasteiger partial charge in [-0.05, 0) is 13.2 Å². The minimum atomic E-state index is 0.505. The Bertz CT molecular complexity index is 465. The molecule has 0 fully saturated rings. The summed E-state index contributed by atoms with van der Waals surface area (Å²) in [6.07, 6.45) is 1.99. The molecular formula is C8H10N4OS2. The van der Waals surface area contributed by atoms with Crippen molar-refractivity contribution >= 4 is 28.2 Å². The average molecular weight is 242 g/mol. The number of hydrogen-bond donors (Lipinski definition) is 1. The van der Waals surface area contributed by atoms with Crippen LogP contribution < -0.4 is 5.73 Å². The molecule has 2 rings (SSSR count). The lowest BCUT2D eigenvalue weighted by atomic mass is 10.4. The SMILES string of the molecule is CSCc1noc(-c2sc(N)nc2C)n1. The maximum Gasteiger partial charge on any atom is 0.270 e. The van der Waals surface area contributed by atoms with Crippen molar-refractivity contribution in [2.75, 3.05) is 12.0 Å². The Kier molecular flexibility index (Phi) is 2.92. The fourth-order valence-electron chi connectivity index (χ4n) is 1.15. The van der Waals surface area contributed by atoms with Crippen LogP contribution in [0.25, 0.3) is 10.8 Å². The molecule has 80 valence electrons. The monoisotopic (exact) mass is 242 g/mol. The Labute approximate surface area is 95.1 Å². The molecule has 5 nitrogen and oxygen atoms in total. The maximum absolute atomic E-state index is 5.60. The second-order valence-corrected chi connectivity index (χ2v) is 4.81. The second-order valence-electron chi connectivity index (χ2n) is 2.92. The van der Waals surface area contributed by atoms with E-state index in [-0.39, 0.29) is 0 Å². The molecule has 0 aliphatic carbocycles. The first kappa shape index (κ1) is 10.4. The Morgan fingerprint density at radius 1 is 1.47 bits per heavy atom. The number of aromatic nitrogens is 3. The second kappa shape index (κ2) is 4.19. The van der Waals surface area contributed by atoms with Gasteiger partial charge in [0.05, 0.1) is 11.4 Å². The number of thiazole rings is 1. The molecule has 0 atom stereocenters. The molecule has 0 amide bonds. The minimum absolute atomic E-state index is 0.505. The van der Waals surface area contributed by atoms with Crippen molar-refractivity contribution in [3.63, 3.8) is 0 Å². The van der Waals surface area contributed by atoms with Gasteiger partial charge in [0.15, 0.2) is 11.0 Å². The summed E-state index contributed by atoms with van der Waals surface area (Å²) >= 11 is 3.01. The van der Waals surface area contributed by atoms with Crippen LogP contribution >= 0.6 is 23.1 Å². The summed E-state index contributed by atoms with van der Waals surface area (Å²) < 4.78 is 5.14. The Morgan fingerprint density at radius 2 is 2.27 bits per heavy atom. The van der Waals surface area contributed by atoms with Gasteiger partial charge in [0.1, 0.15) is 4.88 Å². The molecule has 0 saturated heterocycles. The van der Waals surface area contributed by atoms with E-state index >= 15 is 0 Å². The molecule has 0 aromatic carbocycles. The van der Waals surface area contributed by atoms with Crippen molar-refractivity contribution < 1.29 is 4.52 Å². The van der Waals surface area contributed by atoms with E-state index in [2.05, 4.69) is 15.1 Å². The molecule has 0 aliphatic rings. The van der Waals surface area contributed by atoms with Gasteiger partial charge in [0.2, 0.25) is 0 Å². The van der Waals surface area contributed by atoms with E-state index in [0.29, 0.717) is 16.8 Å². The normalized spacial score (nSPS) is 10.8. The van der Waals surface area contributed by atoms with Crippen LogP contribution in [0.1, 0.15) is 11.5 Å². The average Bonchev–Trinajstić information content (AvgIpc) is 2.73. The van der Waals surface area contributed by atoms with Crippen LogP contribution in [0.2, 0.25) is 0 Å². The number of nitrogens with two attached hydrogens (primary N) is 1. The number of nitrogen functional groups attached to an aromatic ring is 1. The van der Waals surface area contributed by atoms with Crippen LogP contribution in [0.4, 0.5) is 5.13 Å². The number of thioether (sulfide) groups is 1. The largest absolute Gasteiger partial charge is 0.375 e. The fraction of sp³-hybridized carbons (Fsp3) is 0.375. The molecule has 0 saturated carbocycles. The molecule has 0 aliphatic heterocycles. The molecule has 0 spiro atoms. The summed E-state index contributed by atoms with van der Waals surface area (Å²) in [6, 6.07) is 0. The number of nitrogens with zero attached hydrogens (tertiary/aromatic N) is 3. The topological polar surface area (TPSA) is 77.8 Å². The molecule has 0 radical (unpaired) electrons. The van der Waals surface area contributed by atoms with Crippen LogP contribution in [0, 0.1) is 6.92 Å². The van der Waals surface area contributed by atoms with Crippen LogP contribution in [0.5, 0.6) is 0 Å². The van der Waals surface area contributed by atoms with Crippen LogP contribution in [0.15, 0.2) is 4.52 Å². The van der Waals surface area contributed by atoms with Crippen LogP contribution in [-0.4, -0.2) is 21.4 Å². The molecular weight excluding hydrogens is 232 g/mol. The lowest BCUT2D eigenvalue weighted by Crippen LogP contribution is -1.83. The summed E-state index contributed by atoms with van der Waals surface area (Å²) in [5, 5.41) is 4.38. The predicted molar refractivity (Wildman–Crippen MR) is 61.8 cm³/mol.